The Morgan fingerprint density at radius 3 is 2.66 bits per heavy atom. The Hall–Kier alpha value is -2.03. The van der Waals surface area contributed by atoms with Crippen LogP contribution in [0.1, 0.15) is 27.2 Å². The van der Waals surface area contributed by atoms with Crippen LogP contribution in [-0.2, 0) is 14.2 Å². The van der Waals surface area contributed by atoms with Crippen LogP contribution in [0.15, 0.2) is 24.3 Å². The third-order valence-corrected chi connectivity index (χ3v) is 4.79. The molecule has 1 aliphatic rings. The van der Waals surface area contributed by atoms with Gasteiger partial charge in [0.15, 0.2) is 11.5 Å². The number of carbonyl (C=O) groups excluding carboxylic acids is 1. The van der Waals surface area contributed by atoms with E-state index in [0.29, 0.717) is 44.4 Å². The molecule has 29 heavy (non-hydrogen) atoms. The van der Waals surface area contributed by atoms with Gasteiger partial charge in [0.2, 0.25) is 0 Å². The lowest BCUT2D eigenvalue weighted by Gasteiger charge is -2.32. The molecule has 0 saturated carbocycles. The highest BCUT2D eigenvalue weighted by atomic mass is 16.6. The largest absolute Gasteiger partial charge is 0.490 e. The van der Waals surface area contributed by atoms with Crippen molar-refractivity contribution in [3.8, 4) is 11.5 Å². The lowest BCUT2D eigenvalue weighted by Crippen LogP contribution is -2.48. The lowest BCUT2D eigenvalue weighted by atomic mass is 10.1. The van der Waals surface area contributed by atoms with Gasteiger partial charge in [0.1, 0.15) is 25.5 Å². The van der Waals surface area contributed by atoms with Crippen LogP contribution < -0.4 is 15.2 Å². The molecule has 1 fully saturated rings. The Balaban J connectivity index is 1.72. The average molecular weight is 411 g/mol. The van der Waals surface area contributed by atoms with E-state index < -0.39 is 0 Å². The minimum Gasteiger partial charge on any atom is -0.490 e. The standard InChI is InChI=1S/C21H34N2O6/c1-4-16(3)20(22)27-12-13-28-21(24)23-10-11-26-17(14-23)15-29-19-9-7-6-8-18(19)25-5-2/h6-9,16-17,20H,4-5,10-15,22H2,1-3H3/t16-,17?,20?/m0/s1. The van der Waals surface area contributed by atoms with Crippen LogP contribution in [0.3, 0.4) is 0 Å². The number of nitrogens with zero attached hydrogens (tertiary/aromatic N) is 1. The first-order valence-electron chi connectivity index (χ1n) is 10.3. The van der Waals surface area contributed by atoms with Crippen LogP contribution >= 0.6 is 0 Å². The first-order valence-corrected chi connectivity index (χ1v) is 10.3. The molecule has 0 radical (unpaired) electrons. The highest BCUT2D eigenvalue weighted by Gasteiger charge is 2.26. The fraction of sp³-hybridized carbons (Fsp3) is 0.667. The fourth-order valence-electron chi connectivity index (χ4n) is 2.81. The number of morpholine rings is 1. The normalized spacial score (nSPS) is 18.8. The first-order chi connectivity index (χ1) is 14.0. The smallest absolute Gasteiger partial charge is 0.410 e. The maximum atomic E-state index is 12.3. The first kappa shape index (κ1) is 23.3. The molecular weight excluding hydrogens is 376 g/mol. The van der Waals surface area contributed by atoms with E-state index in [1.165, 1.54) is 0 Å². The summed E-state index contributed by atoms with van der Waals surface area (Å²) >= 11 is 0. The van der Waals surface area contributed by atoms with Gasteiger partial charge < -0.3 is 34.3 Å². The topological polar surface area (TPSA) is 92.5 Å². The van der Waals surface area contributed by atoms with Crippen molar-refractivity contribution in [2.75, 3.05) is 46.1 Å². The minimum atomic E-state index is -0.381. The van der Waals surface area contributed by atoms with E-state index in [-0.39, 0.29) is 37.6 Å². The lowest BCUT2D eigenvalue weighted by molar-refractivity contribution is -0.0507. The molecule has 1 heterocycles. The predicted molar refractivity (Wildman–Crippen MR) is 109 cm³/mol. The van der Waals surface area contributed by atoms with Gasteiger partial charge in [0.25, 0.3) is 0 Å². The zero-order chi connectivity index (χ0) is 21.1. The van der Waals surface area contributed by atoms with Crippen molar-refractivity contribution in [2.24, 2.45) is 11.7 Å². The Labute approximate surface area is 173 Å². The number of hydrogen-bond acceptors (Lipinski definition) is 7. The summed E-state index contributed by atoms with van der Waals surface area (Å²) in [5.74, 6) is 1.61. The van der Waals surface area contributed by atoms with Crippen molar-refractivity contribution in [2.45, 2.75) is 39.5 Å². The highest BCUT2D eigenvalue weighted by Crippen LogP contribution is 2.26. The number of rotatable bonds is 11. The third kappa shape index (κ3) is 7.72. The second kappa shape index (κ2) is 12.5. The molecule has 0 aliphatic carbocycles. The summed E-state index contributed by atoms with van der Waals surface area (Å²) in [7, 11) is 0. The molecule has 0 spiro atoms. The van der Waals surface area contributed by atoms with E-state index in [9.17, 15) is 4.79 Å². The molecule has 164 valence electrons. The van der Waals surface area contributed by atoms with Crippen molar-refractivity contribution < 1.29 is 28.5 Å². The maximum absolute atomic E-state index is 12.3. The molecule has 0 aromatic heterocycles. The van der Waals surface area contributed by atoms with Crippen LogP contribution in [0.5, 0.6) is 11.5 Å². The Kier molecular flexibility index (Phi) is 10.0. The van der Waals surface area contributed by atoms with E-state index in [4.69, 9.17) is 29.4 Å². The van der Waals surface area contributed by atoms with Crippen molar-refractivity contribution in [1.82, 2.24) is 4.90 Å². The van der Waals surface area contributed by atoms with Gasteiger partial charge in [-0.1, -0.05) is 26.0 Å². The second-order valence-electron chi connectivity index (χ2n) is 6.96. The molecule has 8 heteroatoms. The van der Waals surface area contributed by atoms with Crippen LogP contribution in [0.4, 0.5) is 4.79 Å². The van der Waals surface area contributed by atoms with Crippen molar-refractivity contribution >= 4 is 6.09 Å². The number of benzene rings is 1. The summed E-state index contributed by atoms with van der Waals surface area (Å²) in [6.07, 6.45) is -0.0225. The SMILES string of the molecule is CCOc1ccccc1OCC1CN(C(=O)OCCOC(N)[C@@H](C)CC)CCO1. The Morgan fingerprint density at radius 1 is 1.24 bits per heavy atom. The van der Waals surface area contributed by atoms with E-state index in [2.05, 4.69) is 6.92 Å². The molecule has 3 atom stereocenters. The maximum Gasteiger partial charge on any atom is 0.410 e. The fourth-order valence-corrected chi connectivity index (χ4v) is 2.81. The average Bonchev–Trinajstić information content (AvgIpc) is 2.75. The number of ether oxygens (including phenoxy) is 5. The van der Waals surface area contributed by atoms with E-state index in [0.717, 1.165) is 6.42 Å². The molecular formula is C21H34N2O6. The second-order valence-corrected chi connectivity index (χ2v) is 6.96. The summed E-state index contributed by atoms with van der Waals surface area (Å²) in [6, 6.07) is 7.49. The molecule has 1 saturated heterocycles. The summed E-state index contributed by atoms with van der Waals surface area (Å²) in [5.41, 5.74) is 5.90. The van der Waals surface area contributed by atoms with Crippen LogP contribution in [0, 0.1) is 5.92 Å². The van der Waals surface area contributed by atoms with Crippen LogP contribution in [0.25, 0.3) is 0 Å². The van der Waals surface area contributed by atoms with Gasteiger partial charge in [-0.05, 0) is 31.4 Å². The number of nitrogens with two attached hydrogens (primary N) is 1. The monoisotopic (exact) mass is 410 g/mol. The minimum absolute atomic E-state index is 0.170. The zero-order valence-corrected chi connectivity index (χ0v) is 17.7. The molecule has 2 N–H and O–H groups in total. The summed E-state index contributed by atoms with van der Waals surface area (Å²) in [6.45, 7) is 8.67. The molecule has 0 bridgehead atoms. The van der Waals surface area contributed by atoms with Crippen LogP contribution in [0.2, 0.25) is 0 Å². The van der Waals surface area contributed by atoms with Crippen molar-refractivity contribution in [3.63, 3.8) is 0 Å². The van der Waals surface area contributed by atoms with Gasteiger partial charge in [-0.2, -0.15) is 0 Å². The molecule has 2 unspecified atom stereocenters. The van der Waals surface area contributed by atoms with Gasteiger partial charge in [-0.15, -0.1) is 0 Å². The van der Waals surface area contributed by atoms with E-state index in [1.54, 1.807) is 4.90 Å². The molecule has 1 aromatic carbocycles. The van der Waals surface area contributed by atoms with Crippen molar-refractivity contribution in [1.29, 1.82) is 0 Å². The number of para-hydroxylation sites is 2. The summed E-state index contributed by atoms with van der Waals surface area (Å²) < 4.78 is 27.9. The van der Waals surface area contributed by atoms with Gasteiger partial charge in [-0.3, -0.25) is 0 Å². The summed E-state index contributed by atoms with van der Waals surface area (Å²) in [4.78, 5) is 13.9. The molecule has 8 nitrogen and oxygen atoms in total. The molecule has 2 rings (SSSR count). The van der Waals surface area contributed by atoms with Gasteiger partial charge >= 0.3 is 6.09 Å². The number of amides is 1. The number of carbonyl (C=O) groups is 1. The third-order valence-electron chi connectivity index (χ3n) is 4.79. The van der Waals surface area contributed by atoms with Gasteiger partial charge in [-0.25, -0.2) is 4.79 Å². The van der Waals surface area contributed by atoms with E-state index in [1.807, 2.05) is 38.1 Å². The Bertz CT molecular complexity index is 615. The number of hydrogen-bond donors (Lipinski definition) is 1. The summed E-state index contributed by atoms with van der Waals surface area (Å²) in [5, 5.41) is 0. The van der Waals surface area contributed by atoms with E-state index >= 15 is 0 Å². The van der Waals surface area contributed by atoms with Gasteiger partial charge in [0.05, 0.1) is 26.4 Å². The molecule has 1 amide bonds. The highest BCUT2D eigenvalue weighted by molar-refractivity contribution is 5.67. The Morgan fingerprint density at radius 2 is 1.97 bits per heavy atom. The van der Waals surface area contributed by atoms with Gasteiger partial charge in [0, 0.05) is 6.54 Å². The predicted octanol–water partition coefficient (Wildman–Crippen LogP) is 2.65. The molecule has 1 aromatic rings. The zero-order valence-electron chi connectivity index (χ0n) is 17.7. The van der Waals surface area contributed by atoms with Crippen LogP contribution in [-0.4, -0.2) is 69.4 Å². The molecule has 1 aliphatic heterocycles. The van der Waals surface area contributed by atoms with Crippen molar-refractivity contribution in [3.05, 3.63) is 24.3 Å². The quantitative estimate of drug-likeness (QED) is 0.443.